The first-order valence-electron chi connectivity index (χ1n) is 8.70. The number of nitrogens with zero attached hydrogens (tertiary/aromatic N) is 1. The Kier molecular flexibility index (Phi) is 6.24. The molecule has 0 atom stereocenters. The number of ether oxygens (including phenoxy) is 1. The van der Waals surface area contributed by atoms with Crippen LogP contribution in [-0.2, 0) is 6.61 Å². The summed E-state index contributed by atoms with van der Waals surface area (Å²) in [5.41, 5.74) is 3.25. The Balaban J connectivity index is 1.48. The summed E-state index contributed by atoms with van der Waals surface area (Å²) in [4.78, 5) is 16.6. The van der Waals surface area contributed by atoms with Gasteiger partial charge in [-0.05, 0) is 30.9 Å². The molecule has 128 valence electrons. The summed E-state index contributed by atoms with van der Waals surface area (Å²) < 4.78 is 5.77. The van der Waals surface area contributed by atoms with E-state index in [0.717, 1.165) is 24.6 Å². The van der Waals surface area contributed by atoms with Crippen molar-refractivity contribution < 1.29 is 9.53 Å². The maximum Gasteiger partial charge on any atom is 0.255 e. The zero-order valence-corrected chi connectivity index (χ0v) is 14.7. The molecule has 1 fully saturated rings. The van der Waals surface area contributed by atoms with E-state index in [1.807, 2.05) is 29.6 Å². The molecule has 0 aliphatic heterocycles. The van der Waals surface area contributed by atoms with Gasteiger partial charge in [0.05, 0.1) is 16.8 Å². The molecule has 0 spiro atoms. The maximum atomic E-state index is 12.4. The van der Waals surface area contributed by atoms with E-state index < -0.39 is 0 Å². The Morgan fingerprint density at radius 1 is 1.29 bits per heavy atom. The van der Waals surface area contributed by atoms with Gasteiger partial charge >= 0.3 is 0 Å². The zero-order chi connectivity index (χ0) is 16.6. The van der Waals surface area contributed by atoms with Crippen LogP contribution in [0.1, 0.15) is 54.6 Å². The first kappa shape index (κ1) is 17.0. The highest BCUT2D eigenvalue weighted by Gasteiger charge is 2.15. The van der Waals surface area contributed by atoms with E-state index in [0.29, 0.717) is 17.9 Å². The summed E-state index contributed by atoms with van der Waals surface area (Å²) >= 11 is 1.54. The lowest BCUT2D eigenvalue weighted by Gasteiger charge is -2.12. The van der Waals surface area contributed by atoms with Crippen LogP contribution in [-0.4, -0.2) is 17.4 Å². The lowest BCUT2D eigenvalue weighted by molar-refractivity contribution is 0.0948. The summed E-state index contributed by atoms with van der Waals surface area (Å²) in [6.45, 7) is 1.12. The average Bonchev–Trinajstić information content (AvgIpc) is 3.30. The Bertz CT molecular complexity index is 637. The monoisotopic (exact) mass is 344 g/mol. The van der Waals surface area contributed by atoms with Crippen molar-refractivity contribution in [1.82, 2.24) is 10.3 Å². The molecule has 1 aliphatic rings. The van der Waals surface area contributed by atoms with E-state index in [9.17, 15) is 4.79 Å². The lowest BCUT2D eigenvalue weighted by Crippen LogP contribution is -2.25. The van der Waals surface area contributed by atoms with E-state index in [4.69, 9.17) is 4.74 Å². The highest BCUT2D eigenvalue weighted by molar-refractivity contribution is 7.07. The van der Waals surface area contributed by atoms with Crippen molar-refractivity contribution in [3.8, 4) is 5.75 Å². The third-order valence-corrected chi connectivity index (χ3v) is 5.18. The molecule has 4 nitrogen and oxygen atoms in total. The predicted molar refractivity (Wildman–Crippen MR) is 96.4 cm³/mol. The molecular weight excluding hydrogens is 320 g/mol. The number of nitrogens with one attached hydrogen (secondary N) is 1. The van der Waals surface area contributed by atoms with Crippen LogP contribution in [0.25, 0.3) is 0 Å². The molecule has 1 heterocycles. The molecule has 1 aliphatic carbocycles. The number of para-hydroxylation sites is 1. The molecule has 0 saturated heterocycles. The molecule has 1 saturated carbocycles. The van der Waals surface area contributed by atoms with Crippen LogP contribution in [0, 0.1) is 5.92 Å². The standard InChI is InChI=1S/C19H24N2O2S/c22-19(20-11-5-8-15-6-1-2-7-15)17-9-3-4-10-18(17)23-12-16-13-24-14-21-16/h3-4,9-10,13-15H,1-2,5-8,11-12H2,(H,20,22). The van der Waals surface area contributed by atoms with Gasteiger partial charge in [-0.15, -0.1) is 11.3 Å². The minimum absolute atomic E-state index is 0.0599. The predicted octanol–water partition coefficient (Wildman–Crippen LogP) is 4.42. The SMILES string of the molecule is O=C(NCCCC1CCCC1)c1ccccc1OCc1cscn1. The van der Waals surface area contributed by atoms with Gasteiger partial charge in [-0.25, -0.2) is 4.98 Å². The molecule has 0 unspecified atom stereocenters. The highest BCUT2D eigenvalue weighted by Crippen LogP contribution is 2.28. The number of rotatable bonds is 8. The van der Waals surface area contributed by atoms with Crippen LogP contribution in [0.2, 0.25) is 0 Å². The summed E-state index contributed by atoms with van der Waals surface area (Å²) in [5.74, 6) is 1.42. The van der Waals surface area contributed by atoms with Crippen LogP contribution in [0.4, 0.5) is 0 Å². The van der Waals surface area contributed by atoms with Crippen LogP contribution in [0.3, 0.4) is 0 Å². The number of hydrogen-bond donors (Lipinski definition) is 1. The van der Waals surface area contributed by atoms with Crippen LogP contribution >= 0.6 is 11.3 Å². The molecule has 24 heavy (non-hydrogen) atoms. The molecule has 1 N–H and O–H groups in total. The van der Waals surface area contributed by atoms with Crippen molar-refractivity contribution in [2.75, 3.05) is 6.54 Å². The minimum atomic E-state index is -0.0599. The maximum absolute atomic E-state index is 12.4. The van der Waals surface area contributed by atoms with Crippen molar-refractivity contribution in [2.24, 2.45) is 5.92 Å². The normalized spacial score (nSPS) is 14.7. The molecule has 2 aromatic rings. The molecule has 0 bridgehead atoms. The first-order chi connectivity index (χ1) is 11.8. The third-order valence-electron chi connectivity index (χ3n) is 4.54. The topological polar surface area (TPSA) is 51.2 Å². The van der Waals surface area contributed by atoms with Gasteiger partial charge in [-0.1, -0.05) is 37.8 Å². The molecule has 1 amide bonds. The lowest BCUT2D eigenvalue weighted by atomic mass is 10.0. The van der Waals surface area contributed by atoms with Crippen molar-refractivity contribution in [2.45, 2.75) is 45.1 Å². The highest BCUT2D eigenvalue weighted by atomic mass is 32.1. The molecule has 3 rings (SSSR count). The number of amides is 1. The van der Waals surface area contributed by atoms with E-state index >= 15 is 0 Å². The Labute approximate surface area is 147 Å². The smallest absolute Gasteiger partial charge is 0.255 e. The number of hydrogen-bond acceptors (Lipinski definition) is 4. The van der Waals surface area contributed by atoms with Gasteiger partial charge < -0.3 is 10.1 Å². The molecule has 1 aromatic heterocycles. The van der Waals surface area contributed by atoms with Crippen LogP contribution < -0.4 is 10.1 Å². The minimum Gasteiger partial charge on any atom is -0.486 e. The number of carbonyl (C=O) groups excluding carboxylic acids is 1. The van der Waals surface area contributed by atoms with Crippen molar-refractivity contribution >= 4 is 17.2 Å². The second kappa shape index (κ2) is 8.83. The van der Waals surface area contributed by atoms with Gasteiger partial charge in [0.2, 0.25) is 0 Å². The molecule has 0 radical (unpaired) electrons. The first-order valence-corrected chi connectivity index (χ1v) is 9.64. The molecular formula is C19H24N2O2S. The van der Waals surface area contributed by atoms with Gasteiger partial charge in [0, 0.05) is 11.9 Å². The largest absolute Gasteiger partial charge is 0.486 e. The van der Waals surface area contributed by atoms with Gasteiger partial charge in [-0.3, -0.25) is 4.79 Å². The van der Waals surface area contributed by atoms with Gasteiger partial charge in [0.25, 0.3) is 5.91 Å². The fourth-order valence-electron chi connectivity index (χ4n) is 3.23. The van der Waals surface area contributed by atoms with Crippen molar-refractivity contribution in [3.05, 3.63) is 46.4 Å². The number of thiazole rings is 1. The van der Waals surface area contributed by atoms with Crippen LogP contribution in [0.5, 0.6) is 5.75 Å². The fourth-order valence-corrected chi connectivity index (χ4v) is 3.77. The van der Waals surface area contributed by atoms with Gasteiger partial charge in [0.1, 0.15) is 12.4 Å². The molecule has 1 aromatic carbocycles. The second-order valence-electron chi connectivity index (χ2n) is 6.31. The quantitative estimate of drug-likeness (QED) is 0.721. The number of benzene rings is 1. The van der Waals surface area contributed by atoms with Gasteiger partial charge in [-0.2, -0.15) is 0 Å². The van der Waals surface area contributed by atoms with Crippen molar-refractivity contribution in [3.63, 3.8) is 0 Å². The third kappa shape index (κ3) is 4.81. The van der Waals surface area contributed by atoms with E-state index in [2.05, 4.69) is 10.3 Å². The van der Waals surface area contributed by atoms with E-state index in [1.54, 1.807) is 5.51 Å². The molecule has 5 heteroatoms. The summed E-state index contributed by atoms with van der Waals surface area (Å²) in [7, 11) is 0. The van der Waals surface area contributed by atoms with E-state index in [-0.39, 0.29) is 5.91 Å². The summed E-state index contributed by atoms with van der Waals surface area (Å²) in [5, 5.41) is 4.97. The van der Waals surface area contributed by atoms with Crippen molar-refractivity contribution in [1.29, 1.82) is 0 Å². The second-order valence-corrected chi connectivity index (χ2v) is 7.03. The van der Waals surface area contributed by atoms with Gasteiger partial charge in [0.15, 0.2) is 0 Å². The Morgan fingerprint density at radius 3 is 2.92 bits per heavy atom. The fraction of sp³-hybridized carbons (Fsp3) is 0.474. The number of aromatic nitrogens is 1. The summed E-state index contributed by atoms with van der Waals surface area (Å²) in [6.07, 6.45) is 7.75. The summed E-state index contributed by atoms with van der Waals surface area (Å²) in [6, 6.07) is 7.39. The average molecular weight is 344 g/mol. The Hall–Kier alpha value is -1.88. The zero-order valence-electron chi connectivity index (χ0n) is 13.9. The number of carbonyl (C=O) groups is 1. The van der Waals surface area contributed by atoms with E-state index in [1.165, 1.54) is 43.4 Å². The Morgan fingerprint density at radius 2 is 2.12 bits per heavy atom. The van der Waals surface area contributed by atoms with Crippen LogP contribution in [0.15, 0.2) is 35.2 Å².